The van der Waals surface area contributed by atoms with Gasteiger partial charge in [-0.15, -0.1) is 11.3 Å². The second kappa shape index (κ2) is 8.43. The molecule has 1 amide bonds. The Balaban J connectivity index is 1.44. The SMILES string of the molecule is CCc1ccccc1Nc1nc([C@@H]2CCCN(C(=O)c3c(C)noc3C)C2)c2sccn12. The summed E-state index contributed by atoms with van der Waals surface area (Å²) in [6.07, 6.45) is 4.98. The molecule has 1 atom stereocenters. The topological polar surface area (TPSA) is 75.7 Å². The van der Waals surface area contributed by atoms with E-state index in [-0.39, 0.29) is 11.8 Å². The number of thiazole rings is 1. The van der Waals surface area contributed by atoms with Crippen LogP contribution in [-0.2, 0) is 6.42 Å². The molecule has 0 saturated carbocycles. The van der Waals surface area contributed by atoms with Gasteiger partial charge in [-0.05, 0) is 44.7 Å². The predicted octanol–water partition coefficient (Wildman–Crippen LogP) is 5.33. The summed E-state index contributed by atoms with van der Waals surface area (Å²) in [5, 5.41) is 9.59. The first-order valence-electron chi connectivity index (χ1n) is 11.1. The maximum atomic E-state index is 13.2. The molecule has 5 rings (SSSR count). The first kappa shape index (κ1) is 20.8. The summed E-state index contributed by atoms with van der Waals surface area (Å²) in [6.45, 7) is 7.17. The van der Waals surface area contributed by atoms with Gasteiger partial charge in [0.25, 0.3) is 5.91 Å². The van der Waals surface area contributed by atoms with Crippen molar-refractivity contribution in [3.05, 3.63) is 64.1 Å². The molecule has 7 nitrogen and oxygen atoms in total. The van der Waals surface area contributed by atoms with Crippen molar-refractivity contribution in [2.75, 3.05) is 18.4 Å². The van der Waals surface area contributed by atoms with Crippen LogP contribution in [0.2, 0.25) is 0 Å². The van der Waals surface area contributed by atoms with Gasteiger partial charge in [0.05, 0.1) is 11.4 Å². The van der Waals surface area contributed by atoms with Crippen molar-refractivity contribution >= 4 is 33.7 Å². The number of benzene rings is 1. The van der Waals surface area contributed by atoms with Crippen molar-refractivity contribution in [3.63, 3.8) is 0 Å². The quantitative estimate of drug-likeness (QED) is 0.446. The summed E-state index contributed by atoms with van der Waals surface area (Å²) in [5.41, 5.74) is 4.65. The lowest BCUT2D eigenvalue weighted by molar-refractivity contribution is 0.0704. The Hall–Kier alpha value is -3.13. The highest BCUT2D eigenvalue weighted by atomic mass is 32.1. The number of rotatable bonds is 5. The van der Waals surface area contributed by atoms with E-state index in [1.807, 2.05) is 17.9 Å². The first-order chi connectivity index (χ1) is 15.6. The second-order valence-electron chi connectivity index (χ2n) is 8.32. The van der Waals surface area contributed by atoms with E-state index in [0.29, 0.717) is 23.6 Å². The summed E-state index contributed by atoms with van der Waals surface area (Å²) < 4.78 is 7.35. The van der Waals surface area contributed by atoms with Crippen molar-refractivity contribution in [1.82, 2.24) is 19.4 Å². The van der Waals surface area contributed by atoms with Crippen LogP contribution in [0.25, 0.3) is 4.83 Å². The lowest BCUT2D eigenvalue weighted by Crippen LogP contribution is -2.39. The highest BCUT2D eigenvalue weighted by Gasteiger charge is 2.31. The largest absolute Gasteiger partial charge is 0.361 e. The fourth-order valence-electron chi connectivity index (χ4n) is 4.60. The third-order valence-corrected chi connectivity index (χ3v) is 7.16. The van der Waals surface area contributed by atoms with Gasteiger partial charge in [-0.3, -0.25) is 9.20 Å². The maximum Gasteiger partial charge on any atom is 0.259 e. The number of nitrogens with zero attached hydrogens (tertiary/aromatic N) is 4. The highest BCUT2D eigenvalue weighted by Crippen LogP contribution is 2.35. The third-order valence-electron chi connectivity index (χ3n) is 6.27. The van der Waals surface area contributed by atoms with Gasteiger partial charge in [-0.1, -0.05) is 30.3 Å². The molecular weight excluding hydrogens is 422 g/mol. The molecule has 1 aliphatic heterocycles. The molecule has 8 heteroatoms. The van der Waals surface area contributed by atoms with E-state index in [1.165, 1.54) is 5.56 Å². The Morgan fingerprint density at radius 3 is 2.94 bits per heavy atom. The van der Waals surface area contributed by atoms with Gasteiger partial charge in [0, 0.05) is 36.3 Å². The van der Waals surface area contributed by atoms with Crippen LogP contribution in [0.4, 0.5) is 11.6 Å². The van der Waals surface area contributed by atoms with Gasteiger partial charge in [-0.2, -0.15) is 0 Å². The smallest absolute Gasteiger partial charge is 0.259 e. The molecule has 166 valence electrons. The number of carbonyl (C=O) groups is 1. The average Bonchev–Trinajstić information content (AvgIpc) is 3.50. The second-order valence-corrected chi connectivity index (χ2v) is 9.22. The molecule has 4 heterocycles. The summed E-state index contributed by atoms with van der Waals surface area (Å²) in [4.78, 5) is 21.3. The van der Waals surface area contributed by atoms with Gasteiger partial charge in [-0.25, -0.2) is 4.98 Å². The number of hydrogen-bond donors (Lipinski definition) is 1. The van der Waals surface area contributed by atoms with Crippen molar-refractivity contribution < 1.29 is 9.32 Å². The minimum atomic E-state index is 0.00260. The van der Waals surface area contributed by atoms with Gasteiger partial charge in [0.1, 0.15) is 16.2 Å². The van der Waals surface area contributed by atoms with E-state index in [2.05, 4.69) is 51.6 Å². The molecule has 1 aliphatic rings. The average molecular weight is 450 g/mol. The molecule has 4 aromatic rings. The minimum absolute atomic E-state index is 0.00260. The zero-order valence-corrected chi connectivity index (χ0v) is 19.4. The fourth-order valence-corrected chi connectivity index (χ4v) is 5.51. The number of amides is 1. The zero-order chi connectivity index (χ0) is 22.2. The minimum Gasteiger partial charge on any atom is -0.361 e. The monoisotopic (exact) mass is 449 g/mol. The molecular formula is C24H27N5O2S. The van der Waals surface area contributed by atoms with Gasteiger partial charge in [0.15, 0.2) is 0 Å². The molecule has 1 N–H and O–H groups in total. The van der Waals surface area contributed by atoms with Crippen LogP contribution in [0.15, 0.2) is 40.4 Å². The number of aryl methyl sites for hydroxylation is 3. The van der Waals surface area contributed by atoms with Crippen molar-refractivity contribution in [1.29, 1.82) is 0 Å². The molecule has 1 aromatic carbocycles. The van der Waals surface area contributed by atoms with E-state index in [9.17, 15) is 4.79 Å². The number of para-hydroxylation sites is 1. The number of aromatic nitrogens is 3. The van der Waals surface area contributed by atoms with Crippen LogP contribution < -0.4 is 5.32 Å². The van der Waals surface area contributed by atoms with E-state index >= 15 is 0 Å². The fraction of sp³-hybridized carbons (Fsp3) is 0.375. The summed E-state index contributed by atoms with van der Waals surface area (Å²) >= 11 is 1.69. The predicted molar refractivity (Wildman–Crippen MR) is 126 cm³/mol. The van der Waals surface area contributed by atoms with Crippen LogP contribution in [0, 0.1) is 13.8 Å². The Bertz CT molecular complexity index is 1250. The van der Waals surface area contributed by atoms with E-state index in [4.69, 9.17) is 9.51 Å². The molecule has 0 spiro atoms. The van der Waals surface area contributed by atoms with Crippen LogP contribution in [0.5, 0.6) is 0 Å². The molecule has 0 aliphatic carbocycles. The number of piperidine rings is 1. The van der Waals surface area contributed by atoms with E-state index in [1.54, 1.807) is 18.3 Å². The van der Waals surface area contributed by atoms with Crippen molar-refractivity contribution in [3.8, 4) is 0 Å². The third kappa shape index (κ3) is 3.58. The van der Waals surface area contributed by atoms with Crippen molar-refractivity contribution in [2.45, 2.75) is 46.0 Å². The van der Waals surface area contributed by atoms with E-state index < -0.39 is 0 Å². The molecule has 3 aromatic heterocycles. The Kier molecular flexibility index (Phi) is 5.46. The molecule has 32 heavy (non-hydrogen) atoms. The Labute approximate surface area is 191 Å². The van der Waals surface area contributed by atoms with Crippen molar-refractivity contribution in [2.24, 2.45) is 0 Å². The van der Waals surface area contributed by atoms with Crippen LogP contribution in [-0.4, -0.2) is 38.4 Å². The molecule has 0 radical (unpaired) electrons. The van der Waals surface area contributed by atoms with Gasteiger partial charge in [0.2, 0.25) is 5.95 Å². The number of fused-ring (bicyclic) bond motifs is 1. The molecule has 0 bridgehead atoms. The summed E-state index contributed by atoms with van der Waals surface area (Å²) in [5.74, 6) is 1.60. The first-order valence-corrected chi connectivity index (χ1v) is 12.0. The summed E-state index contributed by atoms with van der Waals surface area (Å²) in [7, 11) is 0. The van der Waals surface area contributed by atoms with E-state index in [0.717, 1.165) is 48.0 Å². The van der Waals surface area contributed by atoms with Gasteiger partial charge < -0.3 is 14.7 Å². The number of nitrogens with one attached hydrogen (secondary N) is 1. The number of anilines is 2. The van der Waals surface area contributed by atoms with Gasteiger partial charge >= 0.3 is 0 Å². The van der Waals surface area contributed by atoms with Crippen LogP contribution in [0.3, 0.4) is 0 Å². The van der Waals surface area contributed by atoms with Crippen LogP contribution >= 0.6 is 11.3 Å². The molecule has 1 saturated heterocycles. The van der Waals surface area contributed by atoms with Crippen LogP contribution in [0.1, 0.15) is 58.8 Å². The summed E-state index contributed by atoms with van der Waals surface area (Å²) in [6, 6.07) is 8.34. The normalized spacial score (nSPS) is 16.6. The Morgan fingerprint density at radius 1 is 1.31 bits per heavy atom. The Morgan fingerprint density at radius 2 is 2.16 bits per heavy atom. The number of carbonyl (C=O) groups excluding carboxylic acids is 1. The maximum absolute atomic E-state index is 13.2. The number of hydrogen-bond acceptors (Lipinski definition) is 6. The molecule has 0 unspecified atom stereocenters. The highest BCUT2D eigenvalue weighted by molar-refractivity contribution is 7.15. The number of likely N-dealkylation sites (tertiary alicyclic amines) is 1. The lowest BCUT2D eigenvalue weighted by Gasteiger charge is -2.32. The standard InChI is InChI=1S/C24H27N5O2S/c1-4-17-8-5-6-10-19(17)25-24-26-21(23-29(24)12-13-32-23)18-9-7-11-28(14-18)22(30)20-15(2)27-31-16(20)3/h5-6,8,10,12-13,18H,4,7,9,11,14H2,1-3H3,(H,25,26)/t18-/m1/s1. The molecule has 1 fully saturated rings. The zero-order valence-electron chi connectivity index (χ0n) is 18.6. The lowest BCUT2D eigenvalue weighted by atomic mass is 9.94. The number of imidazole rings is 1.